The Morgan fingerprint density at radius 2 is 1.44 bits per heavy atom. The van der Waals surface area contributed by atoms with Crippen molar-refractivity contribution in [1.29, 1.82) is 0 Å². The summed E-state index contributed by atoms with van der Waals surface area (Å²) in [5, 5.41) is 2.90. The number of carbonyl (C=O) groups excluding carboxylic acids is 1. The minimum Gasteiger partial charge on any atom is -0.368 e. The van der Waals surface area contributed by atoms with Gasteiger partial charge in [0.15, 0.2) is 0 Å². The minimum absolute atomic E-state index is 0.0825. The third kappa shape index (κ3) is 4.68. The number of halogens is 2. The number of hydrogen-bond acceptors (Lipinski definition) is 2. The molecule has 1 aliphatic heterocycles. The molecule has 0 radical (unpaired) electrons. The highest BCUT2D eigenvalue weighted by atomic mass is 19.1. The molecule has 3 rings (SSSR count). The second-order valence-corrected chi connectivity index (χ2v) is 6.06. The van der Waals surface area contributed by atoms with Crippen molar-refractivity contribution in [2.45, 2.75) is 6.42 Å². The molecule has 1 aliphatic rings. The Bertz CT molecular complexity index is 696. The van der Waals surface area contributed by atoms with Crippen LogP contribution in [-0.4, -0.2) is 43.7 Å². The Kier molecular flexibility index (Phi) is 5.48. The molecule has 1 fully saturated rings. The zero-order chi connectivity index (χ0) is 17.6. The van der Waals surface area contributed by atoms with Crippen LogP contribution in [0.2, 0.25) is 0 Å². The van der Waals surface area contributed by atoms with E-state index >= 15 is 0 Å². The molecule has 0 aliphatic carbocycles. The number of carbonyl (C=O) groups is 1. The number of piperazine rings is 1. The molecular weight excluding hydrogens is 324 g/mol. The molecular formula is C19H21F2N3O. The fourth-order valence-corrected chi connectivity index (χ4v) is 2.90. The maximum atomic E-state index is 13.0. The summed E-state index contributed by atoms with van der Waals surface area (Å²) >= 11 is 0. The number of anilines is 1. The van der Waals surface area contributed by atoms with E-state index in [0.29, 0.717) is 26.1 Å². The lowest BCUT2D eigenvalue weighted by molar-refractivity contribution is 0.194. The second kappa shape index (κ2) is 7.96. The molecule has 25 heavy (non-hydrogen) atoms. The molecule has 6 heteroatoms. The summed E-state index contributed by atoms with van der Waals surface area (Å²) in [5.74, 6) is -0.505. The number of nitrogens with one attached hydrogen (secondary N) is 1. The van der Waals surface area contributed by atoms with Crippen molar-refractivity contribution in [2.75, 3.05) is 37.6 Å². The van der Waals surface area contributed by atoms with Gasteiger partial charge in [0.25, 0.3) is 0 Å². The van der Waals surface area contributed by atoms with Gasteiger partial charge in [-0.1, -0.05) is 12.1 Å². The lowest BCUT2D eigenvalue weighted by Crippen LogP contribution is -2.52. The molecule has 0 unspecified atom stereocenters. The molecule has 0 aromatic heterocycles. The van der Waals surface area contributed by atoms with Gasteiger partial charge in [-0.15, -0.1) is 0 Å². The number of urea groups is 1. The molecule has 1 heterocycles. The Hall–Kier alpha value is -2.63. The van der Waals surface area contributed by atoms with Crippen LogP contribution < -0.4 is 10.2 Å². The van der Waals surface area contributed by atoms with Crippen LogP contribution in [0.1, 0.15) is 5.56 Å². The molecule has 1 N–H and O–H groups in total. The van der Waals surface area contributed by atoms with Crippen LogP contribution in [0.25, 0.3) is 0 Å². The largest absolute Gasteiger partial charge is 0.368 e. The summed E-state index contributed by atoms with van der Waals surface area (Å²) < 4.78 is 25.8. The molecule has 132 valence electrons. The maximum absolute atomic E-state index is 13.0. The monoisotopic (exact) mass is 345 g/mol. The Morgan fingerprint density at radius 1 is 0.880 bits per heavy atom. The molecule has 0 bridgehead atoms. The van der Waals surface area contributed by atoms with Crippen LogP contribution in [0.3, 0.4) is 0 Å². The van der Waals surface area contributed by atoms with Gasteiger partial charge in [0, 0.05) is 38.4 Å². The van der Waals surface area contributed by atoms with Crippen molar-refractivity contribution in [2.24, 2.45) is 0 Å². The maximum Gasteiger partial charge on any atom is 0.317 e. The Balaban J connectivity index is 1.42. The molecule has 0 saturated carbocycles. The van der Waals surface area contributed by atoms with Gasteiger partial charge in [0.1, 0.15) is 11.6 Å². The van der Waals surface area contributed by atoms with Crippen LogP contribution in [0.15, 0.2) is 48.5 Å². The molecule has 4 nitrogen and oxygen atoms in total. The van der Waals surface area contributed by atoms with Crippen molar-refractivity contribution in [3.05, 3.63) is 65.7 Å². The smallest absolute Gasteiger partial charge is 0.317 e. The van der Waals surface area contributed by atoms with Gasteiger partial charge in [-0.05, 0) is 48.4 Å². The number of benzene rings is 2. The van der Waals surface area contributed by atoms with Crippen molar-refractivity contribution < 1.29 is 13.6 Å². The van der Waals surface area contributed by atoms with Crippen molar-refractivity contribution >= 4 is 11.7 Å². The van der Waals surface area contributed by atoms with Gasteiger partial charge >= 0.3 is 6.03 Å². The van der Waals surface area contributed by atoms with Crippen LogP contribution in [0.4, 0.5) is 19.3 Å². The summed E-state index contributed by atoms with van der Waals surface area (Å²) in [6, 6.07) is 12.6. The summed E-state index contributed by atoms with van der Waals surface area (Å²) in [5.41, 5.74) is 1.96. The van der Waals surface area contributed by atoms with Crippen molar-refractivity contribution in [3.63, 3.8) is 0 Å². The Labute approximate surface area is 146 Å². The zero-order valence-electron chi connectivity index (χ0n) is 13.9. The van der Waals surface area contributed by atoms with Gasteiger partial charge < -0.3 is 15.1 Å². The second-order valence-electron chi connectivity index (χ2n) is 6.06. The van der Waals surface area contributed by atoms with Gasteiger partial charge in [-0.3, -0.25) is 0 Å². The quantitative estimate of drug-likeness (QED) is 0.925. The van der Waals surface area contributed by atoms with E-state index in [1.54, 1.807) is 29.2 Å². The van der Waals surface area contributed by atoms with E-state index in [1.807, 2.05) is 0 Å². The fraction of sp³-hybridized carbons (Fsp3) is 0.316. The first kappa shape index (κ1) is 17.2. The summed E-state index contributed by atoms with van der Waals surface area (Å²) in [6.07, 6.45) is 0.668. The van der Waals surface area contributed by atoms with E-state index in [4.69, 9.17) is 0 Å². The minimum atomic E-state index is -0.258. The van der Waals surface area contributed by atoms with Gasteiger partial charge in [-0.2, -0.15) is 0 Å². The highest BCUT2D eigenvalue weighted by Gasteiger charge is 2.20. The number of rotatable bonds is 4. The predicted octanol–water partition coefficient (Wildman–Crippen LogP) is 3.04. The average molecular weight is 345 g/mol. The standard InChI is InChI=1S/C19H21F2N3O/c20-16-3-1-15(2-4-16)9-10-22-19(25)24-13-11-23(12-14-24)18-7-5-17(21)6-8-18/h1-8H,9-14H2,(H,22,25). The van der Waals surface area contributed by atoms with Crippen LogP contribution in [0.5, 0.6) is 0 Å². The molecule has 2 aromatic carbocycles. The molecule has 2 amide bonds. The summed E-state index contributed by atoms with van der Waals surface area (Å²) in [6.45, 7) is 3.20. The summed E-state index contributed by atoms with van der Waals surface area (Å²) in [4.78, 5) is 16.1. The van der Waals surface area contributed by atoms with Gasteiger partial charge in [-0.25, -0.2) is 13.6 Å². The topological polar surface area (TPSA) is 35.6 Å². The van der Waals surface area contributed by atoms with E-state index in [9.17, 15) is 13.6 Å². The van der Waals surface area contributed by atoms with Gasteiger partial charge in [0.05, 0.1) is 0 Å². The average Bonchev–Trinajstić information content (AvgIpc) is 2.64. The number of nitrogens with zero attached hydrogens (tertiary/aromatic N) is 2. The summed E-state index contributed by atoms with van der Waals surface area (Å²) in [7, 11) is 0. The SMILES string of the molecule is O=C(NCCc1ccc(F)cc1)N1CCN(c2ccc(F)cc2)CC1. The fourth-order valence-electron chi connectivity index (χ4n) is 2.90. The third-order valence-corrected chi connectivity index (χ3v) is 4.36. The predicted molar refractivity (Wildman–Crippen MR) is 93.7 cm³/mol. The third-order valence-electron chi connectivity index (χ3n) is 4.36. The Morgan fingerprint density at radius 3 is 2.04 bits per heavy atom. The highest BCUT2D eigenvalue weighted by molar-refractivity contribution is 5.74. The van der Waals surface area contributed by atoms with Crippen LogP contribution in [0, 0.1) is 11.6 Å². The van der Waals surface area contributed by atoms with E-state index in [0.717, 1.165) is 24.3 Å². The van der Waals surface area contributed by atoms with Crippen LogP contribution in [-0.2, 0) is 6.42 Å². The first-order chi connectivity index (χ1) is 12.1. The molecule has 2 aromatic rings. The first-order valence-corrected chi connectivity index (χ1v) is 8.39. The molecule has 0 atom stereocenters. The van der Waals surface area contributed by atoms with E-state index in [1.165, 1.54) is 24.3 Å². The number of amides is 2. The highest BCUT2D eigenvalue weighted by Crippen LogP contribution is 2.16. The zero-order valence-corrected chi connectivity index (χ0v) is 13.9. The first-order valence-electron chi connectivity index (χ1n) is 8.39. The lowest BCUT2D eigenvalue weighted by atomic mass is 10.1. The van der Waals surface area contributed by atoms with E-state index < -0.39 is 0 Å². The van der Waals surface area contributed by atoms with Crippen LogP contribution >= 0.6 is 0 Å². The number of hydrogen-bond donors (Lipinski definition) is 1. The lowest BCUT2D eigenvalue weighted by Gasteiger charge is -2.36. The van der Waals surface area contributed by atoms with Crippen molar-refractivity contribution in [3.8, 4) is 0 Å². The van der Waals surface area contributed by atoms with E-state index in [2.05, 4.69) is 10.2 Å². The van der Waals surface area contributed by atoms with Gasteiger partial charge in [0.2, 0.25) is 0 Å². The normalized spacial score (nSPS) is 14.5. The molecule has 1 saturated heterocycles. The molecule has 0 spiro atoms. The van der Waals surface area contributed by atoms with Crippen molar-refractivity contribution in [1.82, 2.24) is 10.2 Å². The van der Waals surface area contributed by atoms with E-state index in [-0.39, 0.29) is 17.7 Å².